The first-order valence-corrected chi connectivity index (χ1v) is 10.4. The monoisotopic (exact) mass is 472 g/mol. The molecule has 2 aromatic heterocycles. The van der Waals surface area contributed by atoms with Crippen LogP contribution < -0.4 is 5.32 Å². The van der Waals surface area contributed by atoms with E-state index < -0.39 is 0 Å². The van der Waals surface area contributed by atoms with Gasteiger partial charge in [-0.2, -0.15) is 0 Å². The van der Waals surface area contributed by atoms with Gasteiger partial charge >= 0.3 is 0 Å². The predicted octanol–water partition coefficient (Wildman–Crippen LogP) is 6.66. The molecule has 1 amide bonds. The Morgan fingerprint density at radius 1 is 1.11 bits per heavy atom. The van der Waals surface area contributed by atoms with Crippen molar-refractivity contribution in [3.05, 3.63) is 92.6 Å². The number of carbonyl (C=O) groups excluding carboxylic acids is 1. The summed E-state index contributed by atoms with van der Waals surface area (Å²) >= 11 is 11.1. The van der Waals surface area contributed by atoms with Gasteiger partial charge in [0.05, 0.1) is 5.02 Å². The minimum Gasteiger partial charge on any atom is -0.451 e. The molecule has 28 heavy (non-hydrogen) atoms. The van der Waals surface area contributed by atoms with Crippen molar-refractivity contribution in [1.82, 2.24) is 4.98 Å². The number of halogens is 2. The highest BCUT2D eigenvalue weighted by atomic mass is 79.9. The van der Waals surface area contributed by atoms with Gasteiger partial charge in [-0.1, -0.05) is 51.8 Å². The highest BCUT2D eigenvalue weighted by Gasteiger charge is 2.15. The lowest BCUT2D eigenvalue weighted by molar-refractivity contribution is 0.0997. The van der Waals surface area contributed by atoms with E-state index in [1.807, 2.05) is 30.3 Å². The molecule has 2 heterocycles. The molecule has 0 bridgehead atoms. The molecular formula is C21H14BrClN2O2S. The van der Waals surface area contributed by atoms with Gasteiger partial charge in [0.1, 0.15) is 5.76 Å². The van der Waals surface area contributed by atoms with Crippen LogP contribution in [-0.4, -0.2) is 10.9 Å². The zero-order chi connectivity index (χ0) is 19.5. The first-order valence-electron chi connectivity index (χ1n) is 8.44. The van der Waals surface area contributed by atoms with Gasteiger partial charge in [0.15, 0.2) is 10.9 Å². The molecular weight excluding hydrogens is 460 g/mol. The molecule has 2 aromatic carbocycles. The molecule has 0 saturated heterocycles. The minimum atomic E-state index is -0.345. The van der Waals surface area contributed by atoms with Crippen LogP contribution in [-0.2, 0) is 6.42 Å². The third-order valence-corrected chi connectivity index (χ3v) is 5.81. The van der Waals surface area contributed by atoms with E-state index >= 15 is 0 Å². The summed E-state index contributed by atoms with van der Waals surface area (Å²) in [4.78, 5) is 17.8. The van der Waals surface area contributed by atoms with Crippen LogP contribution in [0, 0.1) is 0 Å². The zero-order valence-electron chi connectivity index (χ0n) is 14.5. The number of aromatic nitrogens is 1. The summed E-state index contributed by atoms with van der Waals surface area (Å²) in [6, 6.07) is 18.8. The number of furan rings is 1. The Kier molecular flexibility index (Phi) is 5.62. The van der Waals surface area contributed by atoms with Crippen molar-refractivity contribution in [2.24, 2.45) is 0 Å². The summed E-state index contributed by atoms with van der Waals surface area (Å²) in [5.41, 5.74) is 1.93. The second-order valence-corrected chi connectivity index (χ2v) is 8.47. The molecule has 0 saturated carbocycles. The molecule has 1 N–H and O–H groups in total. The van der Waals surface area contributed by atoms with Gasteiger partial charge < -0.3 is 4.42 Å². The third-order valence-electron chi connectivity index (χ3n) is 4.03. The predicted molar refractivity (Wildman–Crippen MR) is 116 cm³/mol. The van der Waals surface area contributed by atoms with Crippen molar-refractivity contribution in [2.75, 3.05) is 5.32 Å². The second kappa shape index (κ2) is 8.31. The number of hydrogen-bond donors (Lipinski definition) is 1. The number of carbonyl (C=O) groups is 1. The lowest BCUT2D eigenvalue weighted by Crippen LogP contribution is -2.10. The van der Waals surface area contributed by atoms with Crippen molar-refractivity contribution in [2.45, 2.75) is 6.42 Å². The van der Waals surface area contributed by atoms with Crippen LogP contribution in [0.3, 0.4) is 0 Å². The molecule has 0 fully saturated rings. The molecule has 7 heteroatoms. The van der Waals surface area contributed by atoms with E-state index in [-0.39, 0.29) is 11.7 Å². The Balaban J connectivity index is 1.44. The van der Waals surface area contributed by atoms with Gasteiger partial charge in [-0.25, -0.2) is 4.98 Å². The molecule has 0 aliphatic rings. The second-order valence-electron chi connectivity index (χ2n) is 6.03. The number of rotatable bonds is 5. The van der Waals surface area contributed by atoms with Crippen LogP contribution in [0.1, 0.15) is 21.0 Å². The number of benzene rings is 2. The van der Waals surface area contributed by atoms with Gasteiger partial charge in [-0.3, -0.25) is 10.1 Å². The summed E-state index contributed by atoms with van der Waals surface area (Å²) in [6.45, 7) is 0. The fourth-order valence-corrected chi connectivity index (χ4v) is 4.01. The Hall–Kier alpha value is -2.41. The van der Waals surface area contributed by atoms with Gasteiger partial charge in [0.2, 0.25) is 0 Å². The van der Waals surface area contributed by atoms with E-state index in [9.17, 15) is 4.79 Å². The van der Waals surface area contributed by atoms with E-state index in [1.165, 1.54) is 16.9 Å². The van der Waals surface area contributed by atoms with Crippen molar-refractivity contribution >= 4 is 49.9 Å². The highest BCUT2D eigenvalue weighted by molar-refractivity contribution is 9.10. The maximum atomic E-state index is 12.5. The molecule has 0 spiro atoms. The molecule has 0 aliphatic heterocycles. The number of hydrogen-bond acceptors (Lipinski definition) is 4. The number of nitrogens with zero attached hydrogens (tertiary/aromatic N) is 1. The average molecular weight is 474 g/mol. The first-order chi connectivity index (χ1) is 13.6. The molecule has 4 aromatic rings. The Morgan fingerprint density at radius 2 is 1.89 bits per heavy atom. The SMILES string of the molecule is O=C(Nc1ncc(Cc2ccc(Br)cc2)s1)c1ccc(-c2ccccc2Cl)o1. The molecule has 0 unspecified atom stereocenters. The minimum absolute atomic E-state index is 0.208. The fourth-order valence-electron chi connectivity index (χ4n) is 2.67. The Bertz CT molecular complexity index is 1120. The third kappa shape index (κ3) is 4.35. The molecule has 4 rings (SSSR count). The quantitative estimate of drug-likeness (QED) is 0.352. The fraction of sp³-hybridized carbons (Fsp3) is 0.0476. The standard InChI is InChI=1S/C21H14BrClN2O2S/c22-14-7-5-13(6-8-14)11-15-12-24-21(28-15)25-20(26)19-10-9-18(27-19)16-3-1-2-4-17(16)23/h1-10,12H,11H2,(H,24,25,26). The summed E-state index contributed by atoms with van der Waals surface area (Å²) in [5.74, 6) is 0.410. The summed E-state index contributed by atoms with van der Waals surface area (Å²) in [7, 11) is 0. The van der Waals surface area contributed by atoms with Gasteiger partial charge in [0.25, 0.3) is 5.91 Å². The van der Waals surface area contributed by atoms with Crippen molar-refractivity contribution in [3.63, 3.8) is 0 Å². The van der Waals surface area contributed by atoms with Crippen molar-refractivity contribution in [1.29, 1.82) is 0 Å². The Labute approximate surface area is 179 Å². The lowest BCUT2D eigenvalue weighted by atomic mass is 10.1. The molecule has 0 atom stereocenters. The maximum Gasteiger partial charge on any atom is 0.293 e. The lowest BCUT2D eigenvalue weighted by Gasteiger charge is -2.01. The van der Waals surface area contributed by atoms with Crippen LogP contribution in [0.15, 0.2) is 75.8 Å². The number of thiazole rings is 1. The van der Waals surface area contributed by atoms with E-state index in [1.54, 1.807) is 24.4 Å². The van der Waals surface area contributed by atoms with Gasteiger partial charge in [-0.15, -0.1) is 11.3 Å². The normalized spacial score (nSPS) is 10.8. The summed E-state index contributed by atoms with van der Waals surface area (Å²) in [6.07, 6.45) is 2.54. The average Bonchev–Trinajstić information content (AvgIpc) is 3.34. The van der Waals surface area contributed by atoms with Crippen molar-refractivity contribution < 1.29 is 9.21 Å². The number of amides is 1. The van der Waals surface area contributed by atoms with E-state index in [4.69, 9.17) is 16.0 Å². The largest absolute Gasteiger partial charge is 0.451 e. The molecule has 4 nitrogen and oxygen atoms in total. The van der Waals surface area contributed by atoms with E-state index in [0.717, 1.165) is 21.3 Å². The van der Waals surface area contributed by atoms with Crippen LogP contribution in [0.2, 0.25) is 5.02 Å². The molecule has 0 radical (unpaired) electrons. The highest BCUT2D eigenvalue weighted by Crippen LogP contribution is 2.29. The van der Waals surface area contributed by atoms with Gasteiger partial charge in [-0.05, 0) is 42.0 Å². The Morgan fingerprint density at radius 3 is 2.68 bits per heavy atom. The van der Waals surface area contributed by atoms with Gasteiger partial charge in [0, 0.05) is 27.5 Å². The van der Waals surface area contributed by atoms with E-state index in [0.29, 0.717) is 15.9 Å². The van der Waals surface area contributed by atoms with Crippen molar-refractivity contribution in [3.8, 4) is 11.3 Å². The number of nitrogens with one attached hydrogen (secondary N) is 1. The zero-order valence-corrected chi connectivity index (χ0v) is 17.6. The van der Waals surface area contributed by atoms with Crippen LogP contribution in [0.4, 0.5) is 5.13 Å². The smallest absolute Gasteiger partial charge is 0.293 e. The maximum absolute atomic E-state index is 12.5. The topological polar surface area (TPSA) is 55.1 Å². The number of anilines is 1. The molecule has 0 aliphatic carbocycles. The summed E-state index contributed by atoms with van der Waals surface area (Å²) in [5, 5.41) is 3.89. The first kappa shape index (κ1) is 18.9. The van der Waals surface area contributed by atoms with Crippen LogP contribution in [0.25, 0.3) is 11.3 Å². The summed E-state index contributed by atoms with van der Waals surface area (Å²) < 4.78 is 6.72. The van der Waals surface area contributed by atoms with Crippen LogP contribution in [0.5, 0.6) is 0 Å². The van der Waals surface area contributed by atoms with E-state index in [2.05, 4.69) is 38.4 Å². The van der Waals surface area contributed by atoms with Crippen LogP contribution >= 0.6 is 38.9 Å². The molecule has 140 valence electrons.